The van der Waals surface area contributed by atoms with Crippen molar-refractivity contribution in [2.45, 2.75) is 34.1 Å². The summed E-state index contributed by atoms with van der Waals surface area (Å²) in [5, 5.41) is 4.28. The summed E-state index contributed by atoms with van der Waals surface area (Å²) < 4.78 is 11.7. The third-order valence-electron chi connectivity index (χ3n) is 6.32. The molecule has 0 spiro atoms. The van der Waals surface area contributed by atoms with Crippen LogP contribution in [0.5, 0.6) is 5.75 Å². The fraction of sp³-hybridized carbons (Fsp3) is 0.194. The van der Waals surface area contributed by atoms with Gasteiger partial charge in [-0.2, -0.15) is 0 Å². The molecule has 5 rings (SSSR count). The molecule has 1 N–H and O–H groups in total. The van der Waals surface area contributed by atoms with Crippen LogP contribution in [-0.2, 0) is 6.42 Å². The Morgan fingerprint density at radius 1 is 1.03 bits per heavy atom. The van der Waals surface area contributed by atoms with Crippen molar-refractivity contribution in [3.05, 3.63) is 99.4 Å². The average molecular weight is 524 g/mol. The zero-order valence-corrected chi connectivity index (χ0v) is 22.9. The Hall–Kier alpha value is -4.23. The third-order valence-corrected chi connectivity index (χ3v) is 7.44. The first kappa shape index (κ1) is 25.4. The number of thiazole rings is 1. The van der Waals surface area contributed by atoms with Gasteiger partial charge in [-0.15, -0.1) is 11.3 Å². The molecule has 6 nitrogen and oxygen atoms in total. The second-order valence-electron chi connectivity index (χ2n) is 9.21. The van der Waals surface area contributed by atoms with Gasteiger partial charge in [-0.3, -0.25) is 10.1 Å². The number of ether oxygens (including phenoxy) is 1. The van der Waals surface area contributed by atoms with Crippen LogP contribution in [0.3, 0.4) is 0 Å². The van der Waals surface area contributed by atoms with Gasteiger partial charge in [-0.25, -0.2) is 9.98 Å². The van der Waals surface area contributed by atoms with E-state index in [0.29, 0.717) is 27.7 Å². The molecule has 0 fully saturated rings. The quantitative estimate of drug-likeness (QED) is 0.249. The number of nitrogens with zero attached hydrogens (tertiary/aromatic N) is 2. The molecule has 0 saturated carbocycles. The third kappa shape index (κ3) is 5.10. The van der Waals surface area contributed by atoms with Gasteiger partial charge < -0.3 is 9.15 Å². The number of rotatable bonds is 6. The molecule has 0 unspecified atom stereocenters. The Morgan fingerprint density at radius 2 is 1.82 bits per heavy atom. The molecule has 7 heteroatoms. The first-order valence-corrected chi connectivity index (χ1v) is 13.3. The number of anilines is 1. The highest BCUT2D eigenvalue weighted by Gasteiger charge is 2.19. The van der Waals surface area contributed by atoms with Gasteiger partial charge in [0.1, 0.15) is 5.56 Å². The second kappa shape index (κ2) is 10.6. The van der Waals surface area contributed by atoms with Gasteiger partial charge in [0.25, 0.3) is 5.91 Å². The number of amides is 1. The molecule has 0 saturated heterocycles. The van der Waals surface area contributed by atoms with Crippen molar-refractivity contribution in [1.82, 2.24) is 4.98 Å². The van der Waals surface area contributed by atoms with Crippen LogP contribution in [0.15, 0.2) is 76.1 Å². The highest BCUT2D eigenvalue weighted by molar-refractivity contribution is 7.16. The minimum atomic E-state index is -0.339. The molecule has 2 heterocycles. The predicted octanol–water partition coefficient (Wildman–Crippen LogP) is 7.54. The van der Waals surface area contributed by atoms with Gasteiger partial charge in [0.15, 0.2) is 16.5 Å². The minimum Gasteiger partial charge on any atom is -0.493 e. The van der Waals surface area contributed by atoms with Crippen LogP contribution in [-0.4, -0.2) is 18.0 Å². The molecule has 0 bridgehead atoms. The van der Waals surface area contributed by atoms with Crippen LogP contribution >= 0.6 is 11.3 Å². The van der Waals surface area contributed by atoms with E-state index in [4.69, 9.17) is 19.1 Å². The standard InChI is InChI=1S/C31H29N3O3S/c1-6-26-27(23-16-19(3)13-14-20(23)4)33-31(38-26)34-29(35)24-17-21-10-8-12-25(36-5)28(21)37-30(24)32-22-11-7-9-18(2)15-22/h7-17H,6H2,1-5H3,(H,33,34,35). The monoisotopic (exact) mass is 523 g/mol. The summed E-state index contributed by atoms with van der Waals surface area (Å²) in [4.78, 5) is 24.3. The minimum absolute atomic E-state index is 0.201. The zero-order chi connectivity index (χ0) is 26.8. The highest BCUT2D eigenvalue weighted by Crippen LogP contribution is 2.34. The van der Waals surface area contributed by atoms with E-state index in [0.717, 1.165) is 39.1 Å². The van der Waals surface area contributed by atoms with E-state index < -0.39 is 0 Å². The van der Waals surface area contributed by atoms with Gasteiger partial charge in [0, 0.05) is 15.8 Å². The summed E-state index contributed by atoms with van der Waals surface area (Å²) in [5.41, 5.74) is 7.10. The lowest BCUT2D eigenvalue weighted by atomic mass is 10.0. The Morgan fingerprint density at radius 3 is 2.58 bits per heavy atom. The van der Waals surface area contributed by atoms with Crippen LogP contribution in [0, 0.1) is 20.8 Å². The fourth-order valence-corrected chi connectivity index (χ4v) is 5.27. The van der Waals surface area contributed by atoms with E-state index in [1.165, 1.54) is 16.9 Å². The van der Waals surface area contributed by atoms with Crippen LogP contribution in [0.1, 0.15) is 38.8 Å². The first-order chi connectivity index (χ1) is 18.4. The summed E-state index contributed by atoms with van der Waals surface area (Å²) in [5.74, 6) is 0.231. The number of carbonyl (C=O) groups excluding carboxylic acids is 1. The second-order valence-corrected chi connectivity index (χ2v) is 10.3. The molecule has 1 amide bonds. The molecule has 3 aromatic carbocycles. The number of aromatic nitrogens is 1. The van der Waals surface area contributed by atoms with Gasteiger partial charge >= 0.3 is 0 Å². The maximum absolute atomic E-state index is 13.7. The molecule has 0 radical (unpaired) electrons. The van der Waals surface area contributed by atoms with Crippen molar-refractivity contribution in [1.29, 1.82) is 0 Å². The van der Waals surface area contributed by atoms with Gasteiger partial charge in [0.05, 0.1) is 18.5 Å². The average Bonchev–Trinajstić information content (AvgIpc) is 3.31. The maximum atomic E-state index is 13.7. The van der Waals surface area contributed by atoms with Crippen molar-refractivity contribution in [2.75, 3.05) is 12.4 Å². The Kier molecular flexibility index (Phi) is 7.11. The predicted molar refractivity (Wildman–Crippen MR) is 154 cm³/mol. The number of fused-ring (bicyclic) bond motifs is 1. The molecular weight excluding hydrogens is 494 g/mol. The Labute approximate surface area is 225 Å². The lowest BCUT2D eigenvalue weighted by Gasteiger charge is -2.08. The van der Waals surface area contributed by atoms with E-state index in [-0.39, 0.29) is 11.5 Å². The molecule has 192 valence electrons. The Bertz CT molecular complexity index is 1730. The summed E-state index contributed by atoms with van der Waals surface area (Å²) in [6, 6.07) is 21.4. The normalized spacial score (nSPS) is 11.7. The van der Waals surface area contributed by atoms with E-state index in [2.05, 4.69) is 44.3 Å². The number of benzene rings is 3. The summed E-state index contributed by atoms with van der Waals surface area (Å²) >= 11 is 1.49. The molecule has 2 aromatic heterocycles. The smallest absolute Gasteiger partial charge is 0.262 e. The van der Waals surface area contributed by atoms with Crippen molar-refractivity contribution in [2.24, 2.45) is 4.99 Å². The molecule has 0 aliphatic carbocycles. The van der Waals surface area contributed by atoms with Crippen molar-refractivity contribution in [3.8, 4) is 17.0 Å². The molecule has 0 atom stereocenters. The summed E-state index contributed by atoms with van der Waals surface area (Å²) in [6.45, 7) is 8.24. The number of para-hydroxylation sites is 1. The first-order valence-electron chi connectivity index (χ1n) is 12.5. The molecule has 5 aromatic rings. The highest BCUT2D eigenvalue weighted by atomic mass is 32.1. The van der Waals surface area contributed by atoms with Crippen molar-refractivity contribution < 1.29 is 13.9 Å². The molecule has 0 aliphatic heterocycles. The number of carbonyl (C=O) groups is 1. The molecule has 38 heavy (non-hydrogen) atoms. The number of nitrogens with one attached hydrogen (secondary N) is 1. The van der Waals surface area contributed by atoms with Crippen LogP contribution in [0.4, 0.5) is 10.8 Å². The lowest BCUT2D eigenvalue weighted by molar-refractivity contribution is 0.102. The van der Waals surface area contributed by atoms with E-state index >= 15 is 0 Å². The van der Waals surface area contributed by atoms with Crippen molar-refractivity contribution >= 4 is 39.0 Å². The maximum Gasteiger partial charge on any atom is 0.262 e. The van der Waals surface area contributed by atoms with E-state index in [1.807, 2.05) is 49.4 Å². The van der Waals surface area contributed by atoms with Crippen LogP contribution < -0.4 is 15.6 Å². The summed E-state index contributed by atoms with van der Waals surface area (Å²) in [7, 11) is 1.59. The number of methoxy groups -OCH3 is 1. The van der Waals surface area contributed by atoms with E-state index in [9.17, 15) is 4.79 Å². The number of hydrogen-bond donors (Lipinski definition) is 1. The van der Waals surface area contributed by atoms with Gasteiger partial charge in [0.2, 0.25) is 5.55 Å². The van der Waals surface area contributed by atoms with E-state index in [1.54, 1.807) is 13.2 Å². The largest absolute Gasteiger partial charge is 0.493 e. The fourth-order valence-electron chi connectivity index (χ4n) is 4.36. The molecular formula is C31H29N3O3S. The SMILES string of the molecule is CCc1sc(NC(=O)c2cc3cccc(OC)c3oc2=Nc2cccc(C)c2)nc1-c1cc(C)ccc1C. The lowest BCUT2D eigenvalue weighted by Crippen LogP contribution is -2.21. The van der Waals surface area contributed by atoms with Crippen LogP contribution in [0.2, 0.25) is 0 Å². The summed E-state index contributed by atoms with van der Waals surface area (Å²) in [6.07, 6.45) is 0.815. The van der Waals surface area contributed by atoms with Crippen molar-refractivity contribution in [3.63, 3.8) is 0 Å². The van der Waals surface area contributed by atoms with Gasteiger partial charge in [-0.1, -0.05) is 48.9 Å². The molecule has 0 aliphatic rings. The number of hydrogen-bond acceptors (Lipinski definition) is 6. The zero-order valence-electron chi connectivity index (χ0n) is 22.1. The van der Waals surface area contributed by atoms with Crippen LogP contribution in [0.25, 0.3) is 22.2 Å². The Balaban J connectivity index is 1.60. The number of aryl methyl sites for hydroxylation is 4. The topological polar surface area (TPSA) is 76.7 Å². The van der Waals surface area contributed by atoms with Gasteiger partial charge in [-0.05, 0) is 68.7 Å².